The number of rotatable bonds is 6. The highest BCUT2D eigenvalue weighted by molar-refractivity contribution is 7.19. The molecule has 2 heterocycles. The van der Waals surface area contributed by atoms with E-state index in [1.165, 1.54) is 13.4 Å². The van der Waals surface area contributed by atoms with Gasteiger partial charge >= 0.3 is 0 Å². The van der Waals surface area contributed by atoms with Crippen molar-refractivity contribution in [3.8, 4) is 5.75 Å². The Morgan fingerprint density at radius 2 is 2.42 bits per heavy atom. The Morgan fingerprint density at radius 3 is 3.00 bits per heavy atom. The Hall–Kier alpha value is -2.29. The molecule has 0 aliphatic carbocycles. The molecule has 2 rings (SSSR count). The number of nitrogens with zero attached hydrogens (tertiary/aromatic N) is 2. The molecule has 1 amide bonds. The molecule has 0 bridgehead atoms. The van der Waals surface area contributed by atoms with E-state index in [1.807, 2.05) is 0 Å². The van der Waals surface area contributed by atoms with Crippen molar-refractivity contribution in [3.05, 3.63) is 17.1 Å². The zero-order chi connectivity index (χ0) is 13.8. The summed E-state index contributed by atoms with van der Waals surface area (Å²) in [6, 6.07) is 0. The van der Waals surface area contributed by atoms with Gasteiger partial charge in [0.1, 0.15) is 15.6 Å². The molecule has 9 heteroatoms. The van der Waals surface area contributed by atoms with Gasteiger partial charge in [0.25, 0.3) is 5.91 Å². The molecule has 0 fully saturated rings. The Kier molecular flexibility index (Phi) is 3.85. The van der Waals surface area contributed by atoms with E-state index in [-0.39, 0.29) is 10.6 Å². The molecule has 0 unspecified atom stereocenters. The number of nitrogen functional groups attached to an aromatic ring is 1. The zero-order valence-electron chi connectivity index (χ0n) is 10.2. The topological polar surface area (TPSA) is 129 Å². The number of amides is 1. The first-order chi connectivity index (χ1) is 9.13. The van der Waals surface area contributed by atoms with Gasteiger partial charge in [-0.2, -0.15) is 4.98 Å². The fourth-order valence-electron chi connectivity index (χ4n) is 1.52. The second-order valence-corrected chi connectivity index (χ2v) is 4.60. The van der Waals surface area contributed by atoms with Crippen molar-refractivity contribution in [3.63, 3.8) is 0 Å². The van der Waals surface area contributed by atoms with E-state index in [4.69, 9.17) is 20.7 Å². The highest BCUT2D eigenvalue weighted by Gasteiger charge is 2.19. The summed E-state index contributed by atoms with van der Waals surface area (Å²) in [5, 5.41) is 7.25. The van der Waals surface area contributed by atoms with Crippen LogP contribution in [0.25, 0.3) is 0 Å². The maximum atomic E-state index is 11.2. The van der Waals surface area contributed by atoms with Crippen LogP contribution < -0.4 is 21.5 Å². The first kappa shape index (κ1) is 13.1. The summed E-state index contributed by atoms with van der Waals surface area (Å²) < 4.78 is 10.0. The van der Waals surface area contributed by atoms with Crippen molar-refractivity contribution in [1.82, 2.24) is 10.1 Å². The fraction of sp³-hybridized carbons (Fsp3) is 0.300. The molecule has 0 saturated carbocycles. The lowest BCUT2D eigenvalue weighted by molar-refractivity contribution is 0.100. The van der Waals surface area contributed by atoms with Crippen LogP contribution in [0.5, 0.6) is 5.75 Å². The number of anilines is 2. The van der Waals surface area contributed by atoms with Crippen LogP contribution in [0.4, 0.5) is 10.7 Å². The molecule has 2 aromatic heterocycles. The van der Waals surface area contributed by atoms with Gasteiger partial charge in [-0.15, -0.1) is 11.3 Å². The number of primary amides is 1. The van der Waals surface area contributed by atoms with Crippen molar-refractivity contribution < 1.29 is 14.1 Å². The molecule has 0 spiro atoms. The quantitative estimate of drug-likeness (QED) is 0.702. The number of methoxy groups -OCH3 is 1. The van der Waals surface area contributed by atoms with E-state index < -0.39 is 5.91 Å². The molecule has 8 nitrogen and oxygen atoms in total. The van der Waals surface area contributed by atoms with Gasteiger partial charge in [0.05, 0.1) is 7.11 Å². The number of hydrogen-bond donors (Lipinski definition) is 3. The van der Waals surface area contributed by atoms with Crippen LogP contribution in [0.3, 0.4) is 0 Å². The van der Waals surface area contributed by atoms with Gasteiger partial charge in [0.15, 0.2) is 12.1 Å². The summed E-state index contributed by atoms with van der Waals surface area (Å²) in [7, 11) is 1.48. The van der Waals surface area contributed by atoms with Gasteiger partial charge in [-0.3, -0.25) is 4.79 Å². The Morgan fingerprint density at radius 1 is 1.63 bits per heavy atom. The molecule has 0 aliphatic rings. The Balaban J connectivity index is 2.07. The second kappa shape index (κ2) is 5.57. The van der Waals surface area contributed by atoms with Crippen molar-refractivity contribution in [2.45, 2.75) is 6.42 Å². The van der Waals surface area contributed by atoms with Crippen molar-refractivity contribution in [1.29, 1.82) is 0 Å². The van der Waals surface area contributed by atoms with E-state index in [0.717, 1.165) is 11.3 Å². The number of hydrogen-bond acceptors (Lipinski definition) is 8. The van der Waals surface area contributed by atoms with E-state index in [9.17, 15) is 4.79 Å². The first-order valence-electron chi connectivity index (χ1n) is 5.39. The average Bonchev–Trinajstić information content (AvgIpc) is 2.97. The van der Waals surface area contributed by atoms with Crippen LogP contribution in [0.15, 0.2) is 10.9 Å². The van der Waals surface area contributed by atoms with Gasteiger partial charge in [0.2, 0.25) is 5.89 Å². The maximum Gasteiger partial charge on any atom is 0.261 e. The van der Waals surface area contributed by atoms with Crippen LogP contribution in [0, 0.1) is 0 Å². The van der Waals surface area contributed by atoms with Crippen LogP contribution in [-0.2, 0) is 6.42 Å². The highest BCUT2D eigenvalue weighted by Crippen LogP contribution is 2.42. The molecule has 2 aromatic rings. The number of nitrogens with two attached hydrogens (primary N) is 2. The standard InChI is InChI=1S/C10H13N5O3S/c1-17-7-6(11)8(9(12)16)19-10(7)13-3-2-5-14-4-15-18-5/h4,13H,2-3,11H2,1H3,(H2,12,16). The van der Waals surface area contributed by atoms with Crippen LogP contribution in [-0.4, -0.2) is 29.7 Å². The van der Waals surface area contributed by atoms with Gasteiger partial charge in [0, 0.05) is 13.0 Å². The molecule has 19 heavy (non-hydrogen) atoms. The normalized spacial score (nSPS) is 10.4. The lowest BCUT2D eigenvalue weighted by Crippen LogP contribution is -2.10. The van der Waals surface area contributed by atoms with Crippen molar-refractivity contribution in [2.75, 3.05) is 24.7 Å². The predicted octanol–water partition coefficient (Wildman–Crippen LogP) is 0.475. The number of aromatic nitrogens is 2. The molecule has 102 valence electrons. The minimum Gasteiger partial charge on any atom is -0.492 e. The molecule has 0 radical (unpaired) electrons. The maximum absolute atomic E-state index is 11.2. The first-order valence-corrected chi connectivity index (χ1v) is 6.20. The molecule has 0 aliphatic heterocycles. The summed E-state index contributed by atoms with van der Waals surface area (Å²) in [4.78, 5) is 15.4. The van der Waals surface area contributed by atoms with Crippen LogP contribution >= 0.6 is 11.3 Å². The summed E-state index contributed by atoms with van der Waals surface area (Å²) in [6.07, 6.45) is 1.89. The molecule has 5 N–H and O–H groups in total. The number of ether oxygens (including phenoxy) is 1. The zero-order valence-corrected chi connectivity index (χ0v) is 11.0. The third kappa shape index (κ3) is 2.76. The number of nitrogens with one attached hydrogen (secondary N) is 1. The van der Waals surface area contributed by atoms with E-state index in [2.05, 4.69) is 15.5 Å². The monoisotopic (exact) mass is 283 g/mol. The summed E-state index contributed by atoms with van der Waals surface area (Å²) in [6.45, 7) is 0.538. The highest BCUT2D eigenvalue weighted by atomic mass is 32.1. The molecule has 0 atom stereocenters. The van der Waals surface area contributed by atoms with Crippen molar-refractivity contribution in [2.24, 2.45) is 5.73 Å². The number of carbonyl (C=O) groups excluding carboxylic acids is 1. The molecular formula is C10H13N5O3S. The number of thiophene rings is 1. The smallest absolute Gasteiger partial charge is 0.261 e. The molecule has 0 aromatic carbocycles. The summed E-state index contributed by atoms with van der Waals surface area (Å²) in [5.41, 5.74) is 11.3. The van der Waals surface area contributed by atoms with E-state index >= 15 is 0 Å². The third-order valence-corrected chi connectivity index (χ3v) is 3.52. The van der Waals surface area contributed by atoms with Crippen LogP contribution in [0.2, 0.25) is 0 Å². The lowest BCUT2D eigenvalue weighted by Gasteiger charge is -2.05. The van der Waals surface area contributed by atoms with E-state index in [0.29, 0.717) is 29.6 Å². The second-order valence-electron chi connectivity index (χ2n) is 3.58. The minimum atomic E-state index is -0.578. The van der Waals surface area contributed by atoms with E-state index in [1.54, 1.807) is 0 Å². The predicted molar refractivity (Wildman–Crippen MR) is 70.3 cm³/mol. The fourth-order valence-corrected chi connectivity index (χ4v) is 2.49. The van der Waals surface area contributed by atoms with Gasteiger partial charge in [-0.25, -0.2) is 0 Å². The van der Waals surface area contributed by atoms with Gasteiger partial charge in [-0.1, -0.05) is 5.16 Å². The van der Waals surface area contributed by atoms with Crippen molar-refractivity contribution >= 4 is 27.9 Å². The third-order valence-electron chi connectivity index (χ3n) is 2.36. The lowest BCUT2D eigenvalue weighted by atomic mass is 10.3. The Labute approximate surface area is 112 Å². The number of carbonyl (C=O) groups is 1. The SMILES string of the molecule is COc1c(NCCc2ncno2)sc(C(N)=O)c1N. The minimum absolute atomic E-state index is 0.250. The van der Waals surface area contributed by atoms with Crippen LogP contribution in [0.1, 0.15) is 15.6 Å². The van der Waals surface area contributed by atoms with Gasteiger partial charge < -0.3 is 26.0 Å². The van der Waals surface area contributed by atoms with Gasteiger partial charge in [-0.05, 0) is 0 Å². The average molecular weight is 283 g/mol. The molecule has 0 saturated heterocycles. The Bertz CT molecular complexity index is 566. The molecular weight excluding hydrogens is 270 g/mol. The summed E-state index contributed by atoms with van der Waals surface area (Å²) >= 11 is 1.15. The largest absolute Gasteiger partial charge is 0.492 e. The summed E-state index contributed by atoms with van der Waals surface area (Å²) in [5.74, 6) is 0.362.